The lowest BCUT2D eigenvalue weighted by Gasteiger charge is -2.28. The quantitative estimate of drug-likeness (QED) is 0.769. The maximum Gasteiger partial charge on any atom is 0.245 e. The topological polar surface area (TPSA) is 91.1 Å². The number of H-pyrrole nitrogens is 1. The Hall–Kier alpha value is -2.08. The first-order valence-electron chi connectivity index (χ1n) is 6.86. The van der Waals surface area contributed by atoms with Gasteiger partial charge in [-0.2, -0.15) is 4.98 Å². The predicted octanol–water partition coefficient (Wildman–Crippen LogP) is 1.41. The Kier molecular flexibility index (Phi) is 3.31. The number of anilines is 1. The van der Waals surface area contributed by atoms with Gasteiger partial charge in [0.1, 0.15) is 5.75 Å². The van der Waals surface area contributed by atoms with E-state index in [9.17, 15) is 5.11 Å². The molecular formula is C14H19N5O. The number of aryl methyl sites for hydroxylation is 1. The number of aromatic amines is 1. The molecule has 1 aromatic heterocycles. The van der Waals surface area contributed by atoms with Crippen LogP contribution in [0.3, 0.4) is 0 Å². The van der Waals surface area contributed by atoms with E-state index in [0.29, 0.717) is 11.8 Å². The summed E-state index contributed by atoms with van der Waals surface area (Å²) in [5.41, 5.74) is 7.65. The summed E-state index contributed by atoms with van der Waals surface area (Å²) in [6.07, 6.45) is 1.95. The number of benzene rings is 1. The number of hydrogen-bond donors (Lipinski definition) is 3. The SMILES string of the molecule is Cc1cc(-c2nc(N3CCC(N)CC3)n[nH]2)ccc1O. The highest BCUT2D eigenvalue weighted by molar-refractivity contribution is 5.59. The average molecular weight is 273 g/mol. The lowest BCUT2D eigenvalue weighted by atomic mass is 10.1. The number of aromatic nitrogens is 3. The second kappa shape index (κ2) is 5.13. The van der Waals surface area contributed by atoms with Crippen LogP contribution in [-0.2, 0) is 0 Å². The van der Waals surface area contributed by atoms with Gasteiger partial charge in [0, 0.05) is 24.7 Å². The van der Waals surface area contributed by atoms with Crippen molar-refractivity contribution in [1.82, 2.24) is 15.2 Å². The van der Waals surface area contributed by atoms with Crippen LogP contribution in [0.5, 0.6) is 5.75 Å². The van der Waals surface area contributed by atoms with Crippen LogP contribution >= 0.6 is 0 Å². The zero-order valence-electron chi connectivity index (χ0n) is 11.5. The van der Waals surface area contributed by atoms with Gasteiger partial charge in [-0.3, -0.25) is 5.10 Å². The predicted molar refractivity (Wildman–Crippen MR) is 77.6 cm³/mol. The second-order valence-electron chi connectivity index (χ2n) is 5.31. The Morgan fingerprint density at radius 1 is 1.35 bits per heavy atom. The molecule has 0 amide bonds. The van der Waals surface area contributed by atoms with E-state index >= 15 is 0 Å². The molecule has 0 radical (unpaired) electrons. The number of nitrogens with zero attached hydrogens (tertiary/aromatic N) is 3. The molecule has 2 heterocycles. The molecule has 0 spiro atoms. The third kappa shape index (κ3) is 2.46. The molecule has 0 saturated carbocycles. The Morgan fingerprint density at radius 2 is 2.10 bits per heavy atom. The maximum absolute atomic E-state index is 9.56. The standard InChI is InChI=1S/C14H19N5O/c1-9-8-10(2-3-12(9)20)13-16-14(18-17-13)19-6-4-11(15)5-7-19/h2-3,8,11,20H,4-7,15H2,1H3,(H,16,17,18). The van der Waals surface area contributed by atoms with Gasteiger partial charge in [0.05, 0.1) is 0 Å². The molecule has 1 aromatic carbocycles. The Labute approximate surface area is 117 Å². The number of aromatic hydroxyl groups is 1. The molecular weight excluding hydrogens is 254 g/mol. The van der Waals surface area contributed by atoms with E-state index in [1.807, 2.05) is 19.1 Å². The van der Waals surface area contributed by atoms with Crippen LogP contribution in [0.1, 0.15) is 18.4 Å². The molecule has 1 fully saturated rings. The molecule has 1 aliphatic heterocycles. The zero-order valence-corrected chi connectivity index (χ0v) is 11.5. The van der Waals surface area contributed by atoms with Gasteiger partial charge in [-0.15, -0.1) is 5.10 Å². The number of phenols is 1. The Bertz CT molecular complexity index is 601. The fourth-order valence-electron chi connectivity index (χ4n) is 2.43. The highest BCUT2D eigenvalue weighted by Crippen LogP contribution is 2.24. The van der Waals surface area contributed by atoms with Crippen molar-refractivity contribution >= 4 is 5.95 Å². The lowest BCUT2D eigenvalue weighted by Crippen LogP contribution is -2.40. The molecule has 6 heteroatoms. The number of rotatable bonds is 2. The first-order chi connectivity index (χ1) is 9.63. The zero-order chi connectivity index (χ0) is 14.1. The minimum atomic E-state index is 0.290. The van der Waals surface area contributed by atoms with Crippen molar-refractivity contribution in [2.45, 2.75) is 25.8 Å². The lowest BCUT2D eigenvalue weighted by molar-refractivity contribution is 0.471. The highest BCUT2D eigenvalue weighted by atomic mass is 16.3. The van der Waals surface area contributed by atoms with E-state index in [-0.39, 0.29) is 0 Å². The molecule has 4 N–H and O–H groups in total. The summed E-state index contributed by atoms with van der Waals surface area (Å²) in [7, 11) is 0. The summed E-state index contributed by atoms with van der Waals surface area (Å²) in [5.74, 6) is 1.73. The highest BCUT2D eigenvalue weighted by Gasteiger charge is 2.19. The molecule has 1 aliphatic rings. The van der Waals surface area contributed by atoms with E-state index < -0.39 is 0 Å². The molecule has 0 aliphatic carbocycles. The van der Waals surface area contributed by atoms with Gasteiger partial charge in [-0.1, -0.05) is 0 Å². The van der Waals surface area contributed by atoms with E-state index in [1.54, 1.807) is 6.07 Å². The van der Waals surface area contributed by atoms with Crippen molar-refractivity contribution < 1.29 is 5.11 Å². The minimum Gasteiger partial charge on any atom is -0.508 e. The Balaban J connectivity index is 1.81. The summed E-state index contributed by atoms with van der Waals surface area (Å²) in [6.45, 7) is 3.66. The van der Waals surface area contributed by atoms with Crippen LogP contribution in [0.15, 0.2) is 18.2 Å². The number of phenolic OH excluding ortho intramolecular Hbond substituents is 1. The van der Waals surface area contributed by atoms with Gasteiger partial charge >= 0.3 is 0 Å². The minimum absolute atomic E-state index is 0.290. The molecule has 3 rings (SSSR count). The van der Waals surface area contributed by atoms with Gasteiger partial charge in [0.25, 0.3) is 0 Å². The van der Waals surface area contributed by atoms with Gasteiger partial charge in [-0.25, -0.2) is 0 Å². The number of piperidine rings is 1. The van der Waals surface area contributed by atoms with Crippen molar-refractivity contribution in [3.63, 3.8) is 0 Å². The average Bonchev–Trinajstić information content (AvgIpc) is 2.92. The van der Waals surface area contributed by atoms with E-state index in [4.69, 9.17) is 5.73 Å². The van der Waals surface area contributed by atoms with Crippen LogP contribution in [-0.4, -0.2) is 39.4 Å². The van der Waals surface area contributed by atoms with Crippen LogP contribution in [0.25, 0.3) is 11.4 Å². The summed E-state index contributed by atoms with van der Waals surface area (Å²) in [6, 6.07) is 5.70. The summed E-state index contributed by atoms with van der Waals surface area (Å²) < 4.78 is 0. The van der Waals surface area contributed by atoms with E-state index in [0.717, 1.165) is 48.8 Å². The normalized spacial score (nSPS) is 16.6. The monoisotopic (exact) mass is 273 g/mol. The number of nitrogens with two attached hydrogens (primary N) is 1. The molecule has 1 saturated heterocycles. The van der Waals surface area contributed by atoms with Crippen molar-refractivity contribution in [2.75, 3.05) is 18.0 Å². The van der Waals surface area contributed by atoms with Gasteiger partial charge in [-0.05, 0) is 43.5 Å². The summed E-state index contributed by atoms with van der Waals surface area (Å²) >= 11 is 0. The fourth-order valence-corrected chi connectivity index (χ4v) is 2.43. The molecule has 0 atom stereocenters. The van der Waals surface area contributed by atoms with Crippen LogP contribution in [0.2, 0.25) is 0 Å². The third-order valence-electron chi connectivity index (χ3n) is 3.77. The van der Waals surface area contributed by atoms with Crippen molar-refractivity contribution in [3.8, 4) is 17.1 Å². The van der Waals surface area contributed by atoms with Crippen molar-refractivity contribution in [1.29, 1.82) is 0 Å². The van der Waals surface area contributed by atoms with E-state index in [2.05, 4.69) is 20.1 Å². The molecule has 6 nitrogen and oxygen atoms in total. The summed E-state index contributed by atoms with van der Waals surface area (Å²) in [4.78, 5) is 6.69. The second-order valence-corrected chi connectivity index (χ2v) is 5.31. The molecule has 2 aromatic rings. The third-order valence-corrected chi connectivity index (χ3v) is 3.77. The smallest absolute Gasteiger partial charge is 0.245 e. The first-order valence-corrected chi connectivity index (χ1v) is 6.86. The number of hydrogen-bond acceptors (Lipinski definition) is 5. The van der Waals surface area contributed by atoms with Crippen molar-refractivity contribution in [3.05, 3.63) is 23.8 Å². The van der Waals surface area contributed by atoms with E-state index in [1.165, 1.54) is 0 Å². The van der Waals surface area contributed by atoms with Gasteiger partial charge < -0.3 is 15.7 Å². The van der Waals surface area contributed by atoms with Crippen LogP contribution in [0.4, 0.5) is 5.95 Å². The molecule has 0 unspecified atom stereocenters. The summed E-state index contributed by atoms with van der Waals surface area (Å²) in [5, 5.41) is 16.8. The van der Waals surface area contributed by atoms with Gasteiger partial charge in [0.15, 0.2) is 5.82 Å². The maximum atomic E-state index is 9.56. The Morgan fingerprint density at radius 3 is 2.80 bits per heavy atom. The van der Waals surface area contributed by atoms with Crippen molar-refractivity contribution in [2.24, 2.45) is 5.73 Å². The first kappa shape index (κ1) is 12.9. The van der Waals surface area contributed by atoms with Crippen LogP contribution in [0, 0.1) is 6.92 Å². The molecule has 20 heavy (non-hydrogen) atoms. The molecule has 106 valence electrons. The largest absolute Gasteiger partial charge is 0.508 e. The molecule has 0 bridgehead atoms. The fraction of sp³-hybridized carbons (Fsp3) is 0.429. The number of nitrogens with one attached hydrogen (secondary N) is 1. The van der Waals surface area contributed by atoms with Crippen LogP contribution < -0.4 is 10.6 Å². The van der Waals surface area contributed by atoms with Gasteiger partial charge in [0.2, 0.25) is 5.95 Å².